The maximum absolute atomic E-state index is 5.20. The van der Waals surface area contributed by atoms with Crippen LogP contribution in [-0.2, 0) is 0 Å². The minimum atomic E-state index is 0.754. The number of nitrogens with zero attached hydrogens (tertiary/aromatic N) is 2. The van der Waals surface area contributed by atoms with Crippen LogP contribution in [0.1, 0.15) is 0 Å². The standard InChI is InChI=1S/C12H8N2O2/c1-2-10(12-6-14-8-16-12)4-3-9(1)11-5-13-7-15-11/h1-8H. The fourth-order valence-electron chi connectivity index (χ4n) is 1.52. The molecule has 2 heterocycles. The quantitative estimate of drug-likeness (QED) is 0.655. The third-order valence-electron chi connectivity index (χ3n) is 2.32. The van der Waals surface area contributed by atoms with Crippen LogP contribution in [0, 0.1) is 0 Å². The molecule has 78 valence electrons. The minimum Gasteiger partial charge on any atom is -0.444 e. The lowest BCUT2D eigenvalue weighted by atomic mass is 10.1. The van der Waals surface area contributed by atoms with Gasteiger partial charge in [0.1, 0.15) is 0 Å². The van der Waals surface area contributed by atoms with E-state index < -0.39 is 0 Å². The van der Waals surface area contributed by atoms with Gasteiger partial charge >= 0.3 is 0 Å². The highest BCUT2D eigenvalue weighted by Gasteiger charge is 2.04. The van der Waals surface area contributed by atoms with Crippen molar-refractivity contribution < 1.29 is 8.83 Å². The number of hydrogen-bond acceptors (Lipinski definition) is 4. The lowest BCUT2D eigenvalue weighted by Gasteiger charge is -1.98. The van der Waals surface area contributed by atoms with Gasteiger partial charge in [0.25, 0.3) is 0 Å². The molecule has 4 heteroatoms. The van der Waals surface area contributed by atoms with Crippen molar-refractivity contribution >= 4 is 0 Å². The molecular weight excluding hydrogens is 204 g/mol. The van der Waals surface area contributed by atoms with E-state index in [1.54, 1.807) is 12.4 Å². The van der Waals surface area contributed by atoms with Crippen LogP contribution >= 0.6 is 0 Å². The number of oxazole rings is 2. The summed E-state index contributed by atoms with van der Waals surface area (Å²) in [6, 6.07) is 7.83. The zero-order chi connectivity index (χ0) is 10.8. The van der Waals surface area contributed by atoms with Crippen molar-refractivity contribution in [2.45, 2.75) is 0 Å². The molecule has 1 aromatic carbocycles. The van der Waals surface area contributed by atoms with Crippen LogP contribution in [0.2, 0.25) is 0 Å². The van der Waals surface area contributed by atoms with Crippen LogP contribution in [0.3, 0.4) is 0 Å². The molecule has 0 N–H and O–H groups in total. The maximum Gasteiger partial charge on any atom is 0.181 e. The van der Waals surface area contributed by atoms with E-state index in [1.165, 1.54) is 12.8 Å². The molecule has 0 aliphatic rings. The zero-order valence-electron chi connectivity index (χ0n) is 8.33. The summed E-state index contributed by atoms with van der Waals surface area (Å²) >= 11 is 0. The van der Waals surface area contributed by atoms with Gasteiger partial charge in [0, 0.05) is 11.1 Å². The van der Waals surface area contributed by atoms with Crippen molar-refractivity contribution in [3.05, 3.63) is 49.4 Å². The molecule has 3 aromatic rings. The van der Waals surface area contributed by atoms with Crippen molar-refractivity contribution in [2.75, 3.05) is 0 Å². The molecule has 2 aromatic heterocycles. The summed E-state index contributed by atoms with van der Waals surface area (Å²) in [4.78, 5) is 7.75. The summed E-state index contributed by atoms with van der Waals surface area (Å²) in [7, 11) is 0. The first kappa shape index (κ1) is 8.91. The molecule has 0 aliphatic carbocycles. The molecule has 0 fully saturated rings. The smallest absolute Gasteiger partial charge is 0.181 e. The van der Waals surface area contributed by atoms with Gasteiger partial charge in [0.05, 0.1) is 12.4 Å². The van der Waals surface area contributed by atoms with E-state index in [1.807, 2.05) is 24.3 Å². The lowest BCUT2D eigenvalue weighted by molar-refractivity contribution is 0.570. The SMILES string of the molecule is c1ncc(-c2ccc(-c3cnco3)cc2)o1. The first-order valence-corrected chi connectivity index (χ1v) is 4.81. The Hall–Kier alpha value is -2.36. The van der Waals surface area contributed by atoms with Crippen molar-refractivity contribution in [1.82, 2.24) is 9.97 Å². The molecule has 0 spiro atoms. The predicted molar refractivity (Wildman–Crippen MR) is 57.4 cm³/mol. The Kier molecular flexibility index (Phi) is 2.04. The molecule has 0 saturated carbocycles. The van der Waals surface area contributed by atoms with E-state index in [-0.39, 0.29) is 0 Å². The van der Waals surface area contributed by atoms with E-state index >= 15 is 0 Å². The van der Waals surface area contributed by atoms with Crippen LogP contribution in [0.5, 0.6) is 0 Å². The van der Waals surface area contributed by atoms with Crippen molar-refractivity contribution in [2.24, 2.45) is 0 Å². The van der Waals surface area contributed by atoms with Crippen molar-refractivity contribution in [3.8, 4) is 22.6 Å². The van der Waals surface area contributed by atoms with Gasteiger partial charge in [0.2, 0.25) is 0 Å². The molecule has 3 rings (SSSR count). The average Bonchev–Trinajstić information content (AvgIpc) is 3.03. The third kappa shape index (κ3) is 1.50. The summed E-state index contributed by atoms with van der Waals surface area (Å²) < 4.78 is 10.4. The third-order valence-corrected chi connectivity index (χ3v) is 2.32. The largest absolute Gasteiger partial charge is 0.444 e. The zero-order valence-corrected chi connectivity index (χ0v) is 8.33. The Morgan fingerprint density at radius 3 is 1.44 bits per heavy atom. The van der Waals surface area contributed by atoms with E-state index in [4.69, 9.17) is 8.83 Å². The first-order chi connectivity index (χ1) is 7.93. The van der Waals surface area contributed by atoms with Crippen LogP contribution in [0.25, 0.3) is 22.6 Å². The van der Waals surface area contributed by atoms with Crippen molar-refractivity contribution in [1.29, 1.82) is 0 Å². The van der Waals surface area contributed by atoms with Crippen LogP contribution in [0.4, 0.5) is 0 Å². The van der Waals surface area contributed by atoms with E-state index in [9.17, 15) is 0 Å². The highest BCUT2D eigenvalue weighted by Crippen LogP contribution is 2.23. The van der Waals surface area contributed by atoms with E-state index in [2.05, 4.69) is 9.97 Å². The Morgan fingerprint density at radius 2 is 1.12 bits per heavy atom. The number of benzene rings is 1. The molecule has 0 saturated heterocycles. The Labute approximate surface area is 91.6 Å². The molecule has 0 amide bonds. The highest BCUT2D eigenvalue weighted by molar-refractivity contribution is 5.64. The molecule has 0 radical (unpaired) electrons. The summed E-state index contributed by atoms with van der Waals surface area (Å²) in [6.07, 6.45) is 6.20. The van der Waals surface area contributed by atoms with Gasteiger partial charge in [0.15, 0.2) is 24.3 Å². The van der Waals surface area contributed by atoms with Gasteiger partial charge < -0.3 is 8.83 Å². The Balaban J connectivity index is 1.97. The Morgan fingerprint density at radius 1 is 0.688 bits per heavy atom. The van der Waals surface area contributed by atoms with Crippen LogP contribution in [-0.4, -0.2) is 9.97 Å². The lowest BCUT2D eigenvalue weighted by Crippen LogP contribution is -1.76. The molecule has 16 heavy (non-hydrogen) atoms. The van der Waals surface area contributed by atoms with Gasteiger partial charge in [-0.3, -0.25) is 0 Å². The fourth-order valence-corrected chi connectivity index (χ4v) is 1.52. The summed E-state index contributed by atoms with van der Waals surface area (Å²) in [6.45, 7) is 0. The molecular formula is C12H8N2O2. The van der Waals surface area contributed by atoms with Gasteiger partial charge in [-0.05, 0) is 0 Å². The number of hydrogen-bond donors (Lipinski definition) is 0. The van der Waals surface area contributed by atoms with Gasteiger partial charge in [-0.2, -0.15) is 0 Å². The number of rotatable bonds is 2. The van der Waals surface area contributed by atoms with Gasteiger partial charge in [-0.1, -0.05) is 24.3 Å². The normalized spacial score (nSPS) is 10.5. The van der Waals surface area contributed by atoms with Gasteiger partial charge in [-0.25, -0.2) is 9.97 Å². The second-order valence-electron chi connectivity index (χ2n) is 3.31. The van der Waals surface area contributed by atoms with Gasteiger partial charge in [-0.15, -0.1) is 0 Å². The van der Waals surface area contributed by atoms with Crippen molar-refractivity contribution in [3.63, 3.8) is 0 Å². The topological polar surface area (TPSA) is 52.1 Å². The second kappa shape index (κ2) is 3.66. The second-order valence-corrected chi connectivity index (χ2v) is 3.31. The maximum atomic E-state index is 5.20. The summed E-state index contributed by atoms with van der Waals surface area (Å²) in [5.41, 5.74) is 1.97. The minimum absolute atomic E-state index is 0.754. The highest BCUT2D eigenvalue weighted by atomic mass is 16.3. The monoisotopic (exact) mass is 212 g/mol. The first-order valence-electron chi connectivity index (χ1n) is 4.81. The van der Waals surface area contributed by atoms with Crippen LogP contribution < -0.4 is 0 Å². The average molecular weight is 212 g/mol. The van der Waals surface area contributed by atoms with E-state index in [0.717, 1.165) is 22.6 Å². The van der Waals surface area contributed by atoms with Crippen LogP contribution in [0.15, 0.2) is 58.3 Å². The summed E-state index contributed by atoms with van der Waals surface area (Å²) in [5, 5.41) is 0. The molecule has 0 atom stereocenters. The molecule has 0 aliphatic heterocycles. The molecule has 0 unspecified atom stereocenters. The predicted octanol–water partition coefficient (Wildman–Crippen LogP) is 3.00. The fraction of sp³-hybridized carbons (Fsp3) is 0. The summed E-state index contributed by atoms with van der Waals surface area (Å²) in [5.74, 6) is 1.51. The number of aromatic nitrogens is 2. The van der Waals surface area contributed by atoms with E-state index in [0.29, 0.717) is 0 Å². The Bertz CT molecular complexity index is 500. The molecule has 4 nitrogen and oxygen atoms in total. The molecule has 0 bridgehead atoms.